The third kappa shape index (κ3) is 3.06. The Hall–Kier alpha value is -1.58. The van der Waals surface area contributed by atoms with E-state index in [9.17, 15) is 9.18 Å². The van der Waals surface area contributed by atoms with Gasteiger partial charge in [-0.3, -0.25) is 0 Å². The lowest BCUT2D eigenvalue weighted by molar-refractivity contribution is 0.0600. The van der Waals surface area contributed by atoms with Gasteiger partial charge in [0.05, 0.1) is 12.7 Å². The minimum absolute atomic E-state index is 0.276. The second-order valence-electron chi connectivity index (χ2n) is 4.94. The van der Waals surface area contributed by atoms with Gasteiger partial charge in [0.1, 0.15) is 5.82 Å². The van der Waals surface area contributed by atoms with Crippen LogP contribution in [-0.2, 0) is 4.74 Å². The van der Waals surface area contributed by atoms with Crippen LogP contribution in [0.2, 0.25) is 0 Å². The van der Waals surface area contributed by atoms with Gasteiger partial charge in [-0.15, -0.1) is 0 Å². The van der Waals surface area contributed by atoms with Crippen molar-refractivity contribution in [2.24, 2.45) is 0 Å². The molecule has 2 rings (SSSR count). The van der Waals surface area contributed by atoms with E-state index in [1.54, 1.807) is 6.07 Å². The molecule has 0 spiro atoms. The number of hydrogen-bond donors (Lipinski definition) is 0. The number of carbonyl (C=O) groups is 1. The number of halogens is 1. The van der Waals surface area contributed by atoms with Crippen LogP contribution in [-0.4, -0.2) is 25.7 Å². The monoisotopic (exact) mass is 265 g/mol. The molecule has 1 aromatic rings. The number of methoxy groups -OCH3 is 1. The highest BCUT2D eigenvalue weighted by atomic mass is 19.1. The number of benzene rings is 1. The predicted molar refractivity (Wildman–Crippen MR) is 73.0 cm³/mol. The summed E-state index contributed by atoms with van der Waals surface area (Å²) in [6.45, 7) is 3.06. The summed E-state index contributed by atoms with van der Waals surface area (Å²) in [5.74, 6) is -0.885. The Morgan fingerprint density at radius 2 is 2.21 bits per heavy atom. The van der Waals surface area contributed by atoms with Crippen molar-refractivity contribution in [3.63, 3.8) is 0 Å². The second-order valence-corrected chi connectivity index (χ2v) is 4.94. The van der Waals surface area contributed by atoms with Crippen LogP contribution in [0.5, 0.6) is 0 Å². The molecule has 0 amide bonds. The van der Waals surface area contributed by atoms with E-state index in [-0.39, 0.29) is 5.56 Å². The van der Waals surface area contributed by atoms with Gasteiger partial charge in [-0.2, -0.15) is 0 Å². The molecule has 19 heavy (non-hydrogen) atoms. The van der Waals surface area contributed by atoms with Crippen molar-refractivity contribution in [3.8, 4) is 0 Å². The van der Waals surface area contributed by atoms with E-state index in [0.717, 1.165) is 31.5 Å². The maximum atomic E-state index is 13.7. The maximum Gasteiger partial charge on any atom is 0.338 e. The summed E-state index contributed by atoms with van der Waals surface area (Å²) in [4.78, 5) is 13.8. The fourth-order valence-electron chi connectivity index (χ4n) is 2.74. The van der Waals surface area contributed by atoms with Crippen LogP contribution in [0.3, 0.4) is 0 Å². The van der Waals surface area contributed by atoms with Crippen LogP contribution in [0.15, 0.2) is 18.2 Å². The standard InChI is InChI=1S/C15H20FNO2/c1-3-13-6-4-5-7-17(13)14-9-11(15(18)19-2)8-12(16)10-14/h8-10,13H,3-7H2,1-2H3. The van der Waals surface area contributed by atoms with Crippen LogP contribution in [0, 0.1) is 5.82 Å². The molecular formula is C15H20FNO2. The van der Waals surface area contributed by atoms with E-state index in [1.807, 2.05) is 0 Å². The largest absolute Gasteiger partial charge is 0.465 e. The molecule has 104 valence electrons. The quantitative estimate of drug-likeness (QED) is 0.785. The molecule has 1 unspecified atom stereocenters. The van der Waals surface area contributed by atoms with E-state index in [1.165, 1.54) is 25.7 Å². The topological polar surface area (TPSA) is 29.5 Å². The normalized spacial score (nSPS) is 19.3. The predicted octanol–water partition coefficient (Wildman–Crippen LogP) is 3.38. The number of esters is 1. The summed E-state index contributed by atoms with van der Waals surface area (Å²) in [5.41, 5.74) is 1.06. The molecular weight excluding hydrogens is 245 g/mol. The van der Waals surface area contributed by atoms with Crippen molar-refractivity contribution >= 4 is 11.7 Å². The van der Waals surface area contributed by atoms with Gasteiger partial charge in [0.2, 0.25) is 0 Å². The molecule has 0 radical (unpaired) electrons. The number of ether oxygens (including phenoxy) is 1. The molecule has 1 aliphatic rings. The maximum absolute atomic E-state index is 13.7. The summed E-state index contributed by atoms with van der Waals surface area (Å²) in [6, 6.07) is 4.88. The van der Waals surface area contributed by atoms with Crippen molar-refractivity contribution in [2.45, 2.75) is 38.6 Å². The van der Waals surface area contributed by atoms with Gasteiger partial charge >= 0.3 is 5.97 Å². The van der Waals surface area contributed by atoms with Crippen LogP contribution >= 0.6 is 0 Å². The Bertz CT molecular complexity index is 461. The lowest BCUT2D eigenvalue weighted by atomic mass is 9.98. The van der Waals surface area contributed by atoms with Gasteiger partial charge in [-0.05, 0) is 43.9 Å². The van der Waals surface area contributed by atoms with E-state index in [4.69, 9.17) is 0 Å². The van der Waals surface area contributed by atoms with Gasteiger partial charge in [0.15, 0.2) is 0 Å². The molecule has 0 N–H and O–H groups in total. The van der Waals surface area contributed by atoms with Crippen LogP contribution in [0.25, 0.3) is 0 Å². The summed E-state index contributed by atoms with van der Waals surface area (Å²) < 4.78 is 18.3. The molecule has 0 aromatic heterocycles. The van der Waals surface area contributed by atoms with Crippen molar-refractivity contribution in [3.05, 3.63) is 29.6 Å². The average Bonchev–Trinajstić information content (AvgIpc) is 2.45. The van der Waals surface area contributed by atoms with Crippen LogP contribution < -0.4 is 4.90 Å². The van der Waals surface area contributed by atoms with Crippen LogP contribution in [0.1, 0.15) is 43.0 Å². The third-order valence-corrected chi connectivity index (χ3v) is 3.73. The molecule has 1 saturated heterocycles. The number of piperidine rings is 1. The van der Waals surface area contributed by atoms with Crippen LogP contribution in [0.4, 0.5) is 10.1 Å². The van der Waals surface area contributed by atoms with E-state index >= 15 is 0 Å². The van der Waals surface area contributed by atoms with Crippen molar-refractivity contribution in [2.75, 3.05) is 18.6 Å². The molecule has 1 atom stereocenters. The molecule has 1 fully saturated rings. The van der Waals surface area contributed by atoms with Crippen molar-refractivity contribution in [1.29, 1.82) is 0 Å². The Balaban J connectivity index is 2.32. The average molecular weight is 265 g/mol. The van der Waals surface area contributed by atoms with E-state index < -0.39 is 11.8 Å². The first-order valence-corrected chi connectivity index (χ1v) is 6.81. The highest BCUT2D eigenvalue weighted by Gasteiger charge is 2.22. The SMILES string of the molecule is CCC1CCCCN1c1cc(F)cc(C(=O)OC)c1. The fourth-order valence-corrected chi connectivity index (χ4v) is 2.74. The molecule has 4 heteroatoms. The fraction of sp³-hybridized carbons (Fsp3) is 0.533. The lowest BCUT2D eigenvalue weighted by Crippen LogP contribution is -2.39. The Labute approximate surface area is 113 Å². The second kappa shape index (κ2) is 6.04. The summed E-state index contributed by atoms with van der Waals surface area (Å²) >= 11 is 0. The first kappa shape index (κ1) is 13.8. The van der Waals surface area contributed by atoms with E-state index in [0.29, 0.717) is 6.04 Å². The zero-order valence-electron chi connectivity index (χ0n) is 11.5. The van der Waals surface area contributed by atoms with E-state index in [2.05, 4.69) is 16.6 Å². The summed E-state index contributed by atoms with van der Waals surface area (Å²) in [7, 11) is 1.31. The highest BCUT2D eigenvalue weighted by Crippen LogP contribution is 2.28. The smallest absolute Gasteiger partial charge is 0.338 e. The Morgan fingerprint density at radius 1 is 1.42 bits per heavy atom. The van der Waals surface area contributed by atoms with Gasteiger partial charge < -0.3 is 9.64 Å². The molecule has 0 aliphatic carbocycles. The minimum Gasteiger partial charge on any atom is -0.465 e. The Morgan fingerprint density at radius 3 is 2.89 bits per heavy atom. The third-order valence-electron chi connectivity index (χ3n) is 3.73. The summed E-state index contributed by atoms with van der Waals surface area (Å²) in [6.07, 6.45) is 4.49. The highest BCUT2D eigenvalue weighted by molar-refractivity contribution is 5.90. The molecule has 1 heterocycles. The number of hydrogen-bond acceptors (Lipinski definition) is 3. The van der Waals surface area contributed by atoms with Gasteiger partial charge in [-0.25, -0.2) is 9.18 Å². The number of anilines is 1. The molecule has 3 nitrogen and oxygen atoms in total. The number of nitrogens with zero attached hydrogens (tertiary/aromatic N) is 1. The number of carbonyl (C=O) groups excluding carboxylic acids is 1. The van der Waals surface area contributed by atoms with Gasteiger partial charge in [-0.1, -0.05) is 6.92 Å². The molecule has 1 aromatic carbocycles. The first-order chi connectivity index (χ1) is 9.15. The zero-order valence-corrected chi connectivity index (χ0v) is 11.5. The zero-order chi connectivity index (χ0) is 13.8. The Kier molecular flexibility index (Phi) is 4.40. The van der Waals surface area contributed by atoms with Gasteiger partial charge in [0, 0.05) is 18.3 Å². The van der Waals surface area contributed by atoms with Gasteiger partial charge in [0.25, 0.3) is 0 Å². The molecule has 1 aliphatic heterocycles. The van der Waals surface area contributed by atoms with Crippen molar-refractivity contribution < 1.29 is 13.9 Å². The minimum atomic E-state index is -0.495. The van der Waals surface area contributed by atoms with Crippen molar-refractivity contribution in [1.82, 2.24) is 0 Å². The summed E-state index contributed by atoms with van der Waals surface area (Å²) in [5, 5.41) is 0. The molecule has 0 saturated carbocycles. The number of rotatable bonds is 3. The first-order valence-electron chi connectivity index (χ1n) is 6.81. The lowest BCUT2D eigenvalue weighted by Gasteiger charge is -2.37. The molecule has 0 bridgehead atoms.